The van der Waals surface area contributed by atoms with E-state index in [9.17, 15) is 0 Å². The van der Waals surface area contributed by atoms with Crippen LogP contribution in [0, 0.1) is 0 Å². The Morgan fingerprint density at radius 2 is 1.77 bits per heavy atom. The molecule has 0 amide bonds. The lowest BCUT2D eigenvalue weighted by Gasteiger charge is -2.19. The SMILES string of the molecule is CCN(CC)CCO/N=C1/CCCc2sc3c(c21)CCCC3. The molecular weight excluding hydrogens is 292 g/mol. The van der Waals surface area contributed by atoms with Gasteiger partial charge in [0.15, 0.2) is 0 Å². The molecule has 0 unspecified atom stereocenters. The summed E-state index contributed by atoms with van der Waals surface area (Å²) in [4.78, 5) is 11.3. The predicted molar refractivity (Wildman–Crippen MR) is 94.2 cm³/mol. The highest BCUT2D eigenvalue weighted by molar-refractivity contribution is 7.12. The molecule has 122 valence electrons. The molecule has 1 heterocycles. The molecule has 0 radical (unpaired) electrons. The van der Waals surface area contributed by atoms with Crippen molar-refractivity contribution in [3.8, 4) is 0 Å². The molecule has 0 fully saturated rings. The molecule has 0 atom stereocenters. The van der Waals surface area contributed by atoms with Crippen LogP contribution in [0.1, 0.15) is 60.4 Å². The van der Waals surface area contributed by atoms with Gasteiger partial charge in [-0.15, -0.1) is 11.3 Å². The van der Waals surface area contributed by atoms with Crippen LogP contribution in [0.25, 0.3) is 0 Å². The van der Waals surface area contributed by atoms with Gasteiger partial charge in [0.25, 0.3) is 0 Å². The highest BCUT2D eigenvalue weighted by atomic mass is 32.1. The molecule has 0 bridgehead atoms. The summed E-state index contributed by atoms with van der Waals surface area (Å²) in [5, 5.41) is 4.54. The third kappa shape index (κ3) is 3.38. The van der Waals surface area contributed by atoms with E-state index in [0.29, 0.717) is 6.61 Å². The molecule has 1 aromatic rings. The number of nitrogens with zero attached hydrogens (tertiary/aromatic N) is 2. The zero-order chi connectivity index (χ0) is 15.4. The average Bonchev–Trinajstić information content (AvgIpc) is 2.94. The third-order valence-corrected chi connectivity index (χ3v) is 6.27. The van der Waals surface area contributed by atoms with Crippen molar-refractivity contribution in [2.24, 2.45) is 5.16 Å². The minimum absolute atomic E-state index is 0.701. The summed E-state index contributed by atoms with van der Waals surface area (Å²) < 4.78 is 0. The van der Waals surface area contributed by atoms with Crippen molar-refractivity contribution in [2.75, 3.05) is 26.2 Å². The number of fused-ring (bicyclic) bond motifs is 3. The van der Waals surface area contributed by atoms with Gasteiger partial charge in [0, 0.05) is 21.9 Å². The number of aryl methyl sites for hydroxylation is 2. The van der Waals surface area contributed by atoms with Crippen molar-refractivity contribution in [1.82, 2.24) is 4.90 Å². The van der Waals surface area contributed by atoms with E-state index in [1.54, 1.807) is 15.3 Å². The average molecular weight is 321 g/mol. The Morgan fingerprint density at radius 3 is 2.59 bits per heavy atom. The molecule has 2 aliphatic carbocycles. The van der Waals surface area contributed by atoms with E-state index in [0.717, 1.165) is 26.1 Å². The number of hydrogen-bond acceptors (Lipinski definition) is 4. The summed E-state index contributed by atoms with van der Waals surface area (Å²) in [6, 6.07) is 0. The van der Waals surface area contributed by atoms with Gasteiger partial charge in [0.05, 0.1) is 5.71 Å². The molecule has 0 spiro atoms. The van der Waals surface area contributed by atoms with Crippen LogP contribution in [0.2, 0.25) is 0 Å². The van der Waals surface area contributed by atoms with Crippen LogP contribution in [0.15, 0.2) is 5.16 Å². The molecule has 0 saturated heterocycles. The van der Waals surface area contributed by atoms with Crippen molar-refractivity contribution in [3.05, 3.63) is 20.9 Å². The molecule has 0 N–H and O–H groups in total. The second kappa shape index (κ2) is 7.60. The van der Waals surface area contributed by atoms with Gasteiger partial charge in [0.1, 0.15) is 6.61 Å². The normalized spacial score (nSPS) is 19.3. The van der Waals surface area contributed by atoms with Crippen LogP contribution in [-0.4, -0.2) is 36.9 Å². The Labute approximate surface area is 138 Å². The van der Waals surface area contributed by atoms with Gasteiger partial charge in [-0.1, -0.05) is 19.0 Å². The minimum Gasteiger partial charge on any atom is -0.394 e. The highest BCUT2D eigenvalue weighted by Gasteiger charge is 2.26. The molecule has 3 nitrogen and oxygen atoms in total. The van der Waals surface area contributed by atoms with E-state index in [1.165, 1.54) is 49.8 Å². The molecule has 1 aromatic heterocycles. The quantitative estimate of drug-likeness (QED) is 0.584. The largest absolute Gasteiger partial charge is 0.394 e. The van der Waals surface area contributed by atoms with Crippen molar-refractivity contribution in [2.45, 2.75) is 58.8 Å². The fraction of sp³-hybridized carbons (Fsp3) is 0.722. The van der Waals surface area contributed by atoms with Gasteiger partial charge < -0.3 is 9.74 Å². The van der Waals surface area contributed by atoms with Crippen LogP contribution in [0.4, 0.5) is 0 Å². The lowest BCUT2D eigenvalue weighted by molar-refractivity contribution is 0.114. The topological polar surface area (TPSA) is 24.8 Å². The maximum Gasteiger partial charge on any atom is 0.129 e. The zero-order valence-electron chi connectivity index (χ0n) is 14.0. The van der Waals surface area contributed by atoms with Crippen molar-refractivity contribution < 1.29 is 4.84 Å². The summed E-state index contributed by atoms with van der Waals surface area (Å²) in [5.74, 6) is 0. The number of oxime groups is 1. The standard InChI is InChI=1S/C18H28N2OS/c1-3-20(4-2)12-13-21-19-15-9-7-11-17-18(15)14-8-5-6-10-16(14)22-17/h3-13H2,1-2H3/b19-15-. The minimum atomic E-state index is 0.701. The van der Waals surface area contributed by atoms with Gasteiger partial charge >= 0.3 is 0 Å². The molecule has 22 heavy (non-hydrogen) atoms. The summed E-state index contributed by atoms with van der Waals surface area (Å²) in [5.41, 5.74) is 4.31. The molecule has 3 rings (SSSR count). The van der Waals surface area contributed by atoms with Crippen LogP contribution in [-0.2, 0) is 24.1 Å². The molecule has 2 aliphatic rings. The smallest absolute Gasteiger partial charge is 0.129 e. The monoisotopic (exact) mass is 320 g/mol. The molecule has 0 aliphatic heterocycles. The lowest BCUT2D eigenvalue weighted by Crippen LogP contribution is -2.26. The van der Waals surface area contributed by atoms with Crippen molar-refractivity contribution >= 4 is 17.0 Å². The van der Waals surface area contributed by atoms with E-state index < -0.39 is 0 Å². The Kier molecular flexibility index (Phi) is 5.53. The fourth-order valence-electron chi connectivity index (χ4n) is 3.60. The summed E-state index contributed by atoms with van der Waals surface area (Å²) in [6.45, 7) is 8.23. The first-order valence-corrected chi connectivity index (χ1v) is 9.70. The van der Waals surface area contributed by atoms with Crippen molar-refractivity contribution in [1.29, 1.82) is 0 Å². The Morgan fingerprint density at radius 1 is 1.00 bits per heavy atom. The number of likely N-dealkylation sites (N-methyl/N-ethyl adjacent to an activating group) is 1. The number of thiophene rings is 1. The fourth-order valence-corrected chi connectivity index (χ4v) is 5.06. The summed E-state index contributed by atoms with van der Waals surface area (Å²) in [6.07, 6.45) is 8.78. The van der Waals surface area contributed by atoms with Gasteiger partial charge in [-0.05, 0) is 63.6 Å². The van der Waals surface area contributed by atoms with E-state index in [4.69, 9.17) is 4.84 Å². The van der Waals surface area contributed by atoms with Crippen LogP contribution >= 0.6 is 11.3 Å². The first-order chi connectivity index (χ1) is 10.8. The van der Waals surface area contributed by atoms with Gasteiger partial charge in [-0.25, -0.2) is 0 Å². The molecular formula is C18H28N2OS. The summed E-state index contributed by atoms with van der Waals surface area (Å²) in [7, 11) is 0. The van der Waals surface area contributed by atoms with Crippen molar-refractivity contribution in [3.63, 3.8) is 0 Å². The Balaban J connectivity index is 1.68. The zero-order valence-corrected chi connectivity index (χ0v) is 14.8. The number of hydrogen-bond donors (Lipinski definition) is 0. The highest BCUT2D eigenvalue weighted by Crippen LogP contribution is 2.38. The van der Waals surface area contributed by atoms with Crippen LogP contribution < -0.4 is 0 Å². The molecule has 0 saturated carbocycles. The maximum absolute atomic E-state index is 5.68. The summed E-state index contributed by atoms with van der Waals surface area (Å²) >= 11 is 2.05. The lowest BCUT2D eigenvalue weighted by atomic mass is 9.88. The Bertz CT molecular complexity index is 531. The number of rotatable bonds is 6. The molecule has 0 aromatic carbocycles. The first-order valence-electron chi connectivity index (χ1n) is 8.88. The van der Waals surface area contributed by atoms with E-state index in [1.807, 2.05) is 11.3 Å². The first kappa shape index (κ1) is 16.0. The Hall–Kier alpha value is -0.870. The van der Waals surface area contributed by atoms with E-state index in [-0.39, 0.29) is 0 Å². The third-order valence-electron chi connectivity index (χ3n) is 4.92. The maximum atomic E-state index is 5.68. The van der Waals surface area contributed by atoms with E-state index >= 15 is 0 Å². The second-order valence-corrected chi connectivity index (χ2v) is 7.45. The molecule has 4 heteroatoms. The predicted octanol–water partition coefficient (Wildman–Crippen LogP) is 4.03. The van der Waals surface area contributed by atoms with Crippen LogP contribution in [0.3, 0.4) is 0 Å². The van der Waals surface area contributed by atoms with Crippen LogP contribution in [0.5, 0.6) is 0 Å². The second-order valence-electron chi connectivity index (χ2n) is 6.26. The van der Waals surface area contributed by atoms with E-state index in [2.05, 4.69) is 23.9 Å². The van der Waals surface area contributed by atoms with Gasteiger partial charge in [0.2, 0.25) is 0 Å². The van der Waals surface area contributed by atoms with Gasteiger partial charge in [-0.2, -0.15) is 0 Å². The van der Waals surface area contributed by atoms with Gasteiger partial charge in [-0.3, -0.25) is 0 Å².